The Morgan fingerprint density at radius 3 is 2.48 bits per heavy atom. The second-order valence-electron chi connectivity index (χ2n) is 5.13. The molecular formula is C16H15Cl3N2OS. The van der Waals surface area contributed by atoms with E-state index in [1.807, 2.05) is 29.5 Å². The zero-order valence-electron chi connectivity index (χ0n) is 12.1. The Balaban J connectivity index is 0.000000960. The van der Waals surface area contributed by atoms with E-state index in [4.69, 9.17) is 23.2 Å². The first kappa shape index (κ1) is 18.3. The summed E-state index contributed by atoms with van der Waals surface area (Å²) in [6.07, 6.45) is 0. The first-order valence-electron chi connectivity index (χ1n) is 6.83. The summed E-state index contributed by atoms with van der Waals surface area (Å²) in [6, 6.07) is 14.2. The molecule has 2 N–H and O–H groups in total. The Bertz CT molecular complexity index is 817. The van der Waals surface area contributed by atoms with Gasteiger partial charge in [-0.2, -0.15) is 0 Å². The van der Waals surface area contributed by atoms with Crippen LogP contribution in [0.2, 0.25) is 10.0 Å². The lowest BCUT2D eigenvalue weighted by atomic mass is 10.2. The van der Waals surface area contributed by atoms with Crippen LogP contribution in [0.25, 0.3) is 10.2 Å². The number of hydrogen-bond donors (Lipinski definition) is 0. The van der Waals surface area contributed by atoms with Crippen LogP contribution in [0.3, 0.4) is 0 Å². The number of thiazole rings is 1. The number of para-hydroxylation sites is 1. The summed E-state index contributed by atoms with van der Waals surface area (Å²) in [5.74, 6) is 0. The molecule has 1 aliphatic heterocycles. The van der Waals surface area contributed by atoms with Crippen LogP contribution in [0, 0.1) is 0 Å². The Morgan fingerprint density at radius 1 is 1.04 bits per heavy atom. The highest BCUT2D eigenvalue weighted by atomic mass is 35.5. The highest BCUT2D eigenvalue weighted by Gasteiger charge is 2.32. The molecule has 3 nitrogen and oxygen atoms in total. The van der Waals surface area contributed by atoms with Crippen LogP contribution >= 0.6 is 34.5 Å². The highest BCUT2D eigenvalue weighted by Crippen LogP contribution is 2.33. The van der Waals surface area contributed by atoms with Gasteiger partial charge in [-0.25, -0.2) is 9.47 Å². The van der Waals surface area contributed by atoms with Crippen molar-refractivity contribution in [2.24, 2.45) is 0 Å². The molecule has 1 aromatic heterocycles. The van der Waals surface area contributed by atoms with E-state index in [1.54, 1.807) is 0 Å². The number of benzene rings is 2. The van der Waals surface area contributed by atoms with E-state index in [2.05, 4.69) is 33.7 Å². The maximum absolute atomic E-state index is 6.30. The van der Waals surface area contributed by atoms with Crippen LogP contribution in [0.5, 0.6) is 0 Å². The molecule has 122 valence electrons. The lowest BCUT2D eigenvalue weighted by Gasteiger charge is -2.11. The van der Waals surface area contributed by atoms with E-state index in [1.165, 1.54) is 15.3 Å². The lowest BCUT2D eigenvalue weighted by Crippen LogP contribution is -3.00. The van der Waals surface area contributed by atoms with E-state index in [-0.39, 0.29) is 17.9 Å². The molecule has 0 saturated heterocycles. The van der Waals surface area contributed by atoms with Gasteiger partial charge in [0, 0.05) is 15.6 Å². The zero-order valence-corrected chi connectivity index (χ0v) is 15.2. The number of anilines is 1. The highest BCUT2D eigenvalue weighted by molar-refractivity contribution is 7.21. The summed E-state index contributed by atoms with van der Waals surface area (Å²) in [4.78, 5) is 2.36. The van der Waals surface area contributed by atoms with E-state index >= 15 is 0 Å². The van der Waals surface area contributed by atoms with Gasteiger partial charge in [0.2, 0.25) is 0 Å². The number of aromatic nitrogens is 1. The summed E-state index contributed by atoms with van der Waals surface area (Å²) in [5, 5.41) is 2.76. The van der Waals surface area contributed by atoms with Crippen LogP contribution in [0.1, 0.15) is 5.56 Å². The Labute approximate surface area is 154 Å². The van der Waals surface area contributed by atoms with Gasteiger partial charge in [-0.1, -0.05) is 41.4 Å². The molecule has 0 atom stereocenters. The van der Waals surface area contributed by atoms with Crippen LogP contribution < -0.4 is 21.9 Å². The van der Waals surface area contributed by atoms with Crippen molar-refractivity contribution in [1.29, 1.82) is 0 Å². The number of hydrogen-bond acceptors (Lipinski definition) is 2. The van der Waals surface area contributed by atoms with Gasteiger partial charge < -0.3 is 17.9 Å². The van der Waals surface area contributed by atoms with Crippen LogP contribution in [0.15, 0.2) is 42.5 Å². The Morgan fingerprint density at radius 2 is 1.74 bits per heavy atom. The number of halogens is 3. The molecule has 2 aromatic carbocycles. The topological polar surface area (TPSA) is 38.6 Å². The fourth-order valence-corrected chi connectivity index (χ4v) is 4.54. The van der Waals surface area contributed by atoms with Crippen molar-refractivity contribution in [2.75, 3.05) is 11.4 Å². The molecule has 0 saturated carbocycles. The zero-order chi connectivity index (χ0) is 14.4. The fraction of sp³-hybridized carbons (Fsp3) is 0.188. The standard InChI is InChI=1S/C16H13Cl2N2S.ClH.H2O/c17-12-4-3-5-13(18)11(12)10-19-8-9-20-14-6-1-2-7-15(14)21-16(19)20;;/h1-7H,8-10H2;1H;1H2/q+1;;/p-1. The third-order valence-electron chi connectivity index (χ3n) is 3.86. The molecule has 0 spiro atoms. The molecule has 0 radical (unpaired) electrons. The molecule has 4 rings (SSSR count). The first-order chi connectivity index (χ1) is 10.2. The van der Waals surface area contributed by atoms with Gasteiger partial charge in [0.15, 0.2) is 0 Å². The van der Waals surface area contributed by atoms with Gasteiger partial charge in [-0.3, -0.25) is 0 Å². The third kappa shape index (κ3) is 3.14. The number of fused-ring (bicyclic) bond motifs is 3. The van der Waals surface area contributed by atoms with Gasteiger partial charge in [0.05, 0.1) is 4.70 Å². The second kappa shape index (κ2) is 7.24. The van der Waals surface area contributed by atoms with Crippen LogP contribution in [0.4, 0.5) is 5.13 Å². The van der Waals surface area contributed by atoms with E-state index in [9.17, 15) is 0 Å². The summed E-state index contributed by atoms with van der Waals surface area (Å²) < 4.78 is 3.70. The van der Waals surface area contributed by atoms with Crippen molar-refractivity contribution < 1.29 is 22.5 Å². The molecule has 23 heavy (non-hydrogen) atoms. The second-order valence-corrected chi connectivity index (χ2v) is 6.95. The molecule has 7 heteroatoms. The quantitative estimate of drug-likeness (QED) is 0.595. The van der Waals surface area contributed by atoms with E-state index in [0.29, 0.717) is 0 Å². The predicted molar refractivity (Wildman–Crippen MR) is 93.1 cm³/mol. The fourth-order valence-electron chi connectivity index (χ4n) is 2.81. The molecule has 0 amide bonds. The molecule has 2 heterocycles. The van der Waals surface area contributed by atoms with Crippen molar-refractivity contribution in [1.82, 2.24) is 0 Å². The van der Waals surface area contributed by atoms with Crippen molar-refractivity contribution in [2.45, 2.75) is 13.1 Å². The minimum atomic E-state index is 0. The third-order valence-corrected chi connectivity index (χ3v) is 5.80. The van der Waals surface area contributed by atoms with Crippen molar-refractivity contribution >= 4 is 49.9 Å². The summed E-state index contributed by atoms with van der Waals surface area (Å²) >= 11 is 14.4. The number of rotatable bonds is 2. The van der Waals surface area contributed by atoms with Gasteiger partial charge in [0.1, 0.15) is 25.2 Å². The van der Waals surface area contributed by atoms with Crippen molar-refractivity contribution in [3.63, 3.8) is 0 Å². The van der Waals surface area contributed by atoms with E-state index in [0.717, 1.165) is 35.2 Å². The summed E-state index contributed by atoms with van der Waals surface area (Å²) in [7, 11) is 0. The van der Waals surface area contributed by atoms with E-state index < -0.39 is 0 Å². The summed E-state index contributed by atoms with van der Waals surface area (Å²) in [5.41, 5.74) is 2.32. The number of nitrogens with zero attached hydrogens (tertiary/aromatic N) is 2. The molecule has 0 unspecified atom stereocenters. The SMILES string of the molecule is Clc1cccc(Cl)c1CN1CC[n+]2c1sc1ccccc12.O.[Cl-]. The van der Waals surface area contributed by atoms with Crippen molar-refractivity contribution in [3.8, 4) is 0 Å². The average molecular weight is 390 g/mol. The molecule has 0 bridgehead atoms. The van der Waals surface area contributed by atoms with Crippen molar-refractivity contribution in [3.05, 3.63) is 58.1 Å². The van der Waals surface area contributed by atoms with Gasteiger partial charge in [-0.15, -0.1) is 0 Å². The van der Waals surface area contributed by atoms with Gasteiger partial charge >= 0.3 is 5.13 Å². The largest absolute Gasteiger partial charge is 1.00 e. The molecule has 3 aromatic rings. The Hall–Kier alpha value is -1.04. The minimum Gasteiger partial charge on any atom is -1.00 e. The summed E-state index contributed by atoms with van der Waals surface area (Å²) in [6.45, 7) is 2.77. The molecule has 0 fully saturated rings. The normalized spacial score (nSPS) is 12.7. The van der Waals surface area contributed by atoms with Gasteiger partial charge in [0.25, 0.3) is 0 Å². The minimum absolute atomic E-state index is 0. The lowest BCUT2D eigenvalue weighted by molar-refractivity contribution is -0.641. The van der Waals surface area contributed by atoms with Crippen LogP contribution in [-0.4, -0.2) is 12.0 Å². The maximum atomic E-state index is 6.30. The molecular weight excluding hydrogens is 375 g/mol. The van der Waals surface area contributed by atoms with Gasteiger partial charge in [-0.05, 0) is 35.6 Å². The smallest absolute Gasteiger partial charge is 0.337 e. The Kier molecular flexibility index (Phi) is 5.76. The first-order valence-corrected chi connectivity index (χ1v) is 8.40. The average Bonchev–Trinajstić information content (AvgIpc) is 3.02. The predicted octanol–water partition coefficient (Wildman–Crippen LogP) is 0.695. The van der Waals surface area contributed by atoms with Crippen LogP contribution in [-0.2, 0) is 13.1 Å². The maximum Gasteiger partial charge on any atom is 0.337 e. The molecule has 1 aliphatic rings. The molecule has 0 aliphatic carbocycles. The monoisotopic (exact) mass is 388 g/mol.